The number of esters is 1. The van der Waals surface area contributed by atoms with Crippen LogP contribution >= 0.6 is 0 Å². The number of carbonyl (C=O) groups is 2. The van der Waals surface area contributed by atoms with Crippen molar-refractivity contribution in [1.82, 2.24) is 9.97 Å². The Balaban J connectivity index is 1.35. The standard InChI is InChI=1S/C26H23N3O3/c1-2-23(25(30)29-15-14-17-8-6-7-11-22(17)29)32-26(31)19-12-13-20-21(16-19)28-24(27-20)18-9-4-3-5-10-18/h3-13,16,23H,2,14-15H2,1H3,(H,27,28). The molecule has 4 aromatic rings. The zero-order valence-corrected chi connectivity index (χ0v) is 17.7. The summed E-state index contributed by atoms with van der Waals surface area (Å²) in [6.07, 6.45) is 0.395. The summed E-state index contributed by atoms with van der Waals surface area (Å²) in [5.41, 5.74) is 4.90. The van der Waals surface area contributed by atoms with Crippen molar-refractivity contribution in [3.05, 3.63) is 83.9 Å². The molecular formula is C26H23N3O3. The van der Waals surface area contributed by atoms with Gasteiger partial charge in [0.05, 0.1) is 16.6 Å². The average Bonchev–Trinajstić information content (AvgIpc) is 3.46. The molecule has 2 heterocycles. The number of hydrogen-bond acceptors (Lipinski definition) is 4. The number of benzene rings is 3. The predicted octanol–water partition coefficient (Wildman–Crippen LogP) is 4.75. The lowest BCUT2D eigenvalue weighted by Gasteiger charge is -2.23. The van der Waals surface area contributed by atoms with Gasteiger partial charge < -0.3 is 14.6 Å². The van der Waals surface area contributed by atoms with E-state index in [1.54, 1.807) is 23.1 Å². The van der Waals surface area contributed by atoms with Crippen LogP contribution in [0.2, 0.25) is 0 Å². The number of para-hydroxylation sites is 1. The monoisotopic (exact) mass is 425 g/mol. The number of nitrogens with one attached hydrogen (secondary N) is 1. The highest BCUT2D eigenvalue weighted by molar-refractivity contribution is 6.01. The lowest BCUT2D eigenvalue weighted by molar-refractivity contribution is -0.127. The van der Waals surface area contributed by atoms with Gasteiger partial charge in [0.1, 0.15) is 5.82 Å². The van der Waals surface area contributed by atoms with Gasteiger partial charge in [0.2, 0.25) is 0 Å². The molecule has 1 aliphatic rings. The van der Waals surface area contributed by atoms with E-state index in [9.17, 15) is 9.59 Å². The molecule has 1 aliphatic heterocycles. The first-order valence-corrected chi connectivity index (χ1v) is 10.8. The van der Waals surface area contributed by atoms with Gasteiger partial charge in [-0.3, -0.25) is 4.79 Å². The van der Waals surface area contributed by atoms with Crippen LogP contribution in [-0.4, -0.2) is 34.5 Å². The molecule has 0 bridgehead atoms. The first kappa shape index (κ1) is 20.0. The summed E-state index contributed by atoms with van der Waals surface area (Å²) >= 11 is 0. The van der Waals surface area contributed by atoms with E-state index in [1.165, 1.54) is 0 Å². The van der Waals surface area contributed by atoms with Crippen LogP contribution in [0, 0.1) is 0 Å². The van der Waals surface area contributed by atoms with E-state index in [1.807, 2.05) is 61.5 Å². The summed E-state index contributed by atoms with van der Waals surface area (Å²) in [4.78, 5) is 35.6. The highest BCUT2D eigenvalue weighted by atomic mass is 16.5. The van der Waals surface area contributed by atoms with Gasteiger partial charge in [-0.25, -0.2) is 9.78 Å². The molecule has 3 aromatic carbocycles. The van der Waals surface area contributed by atoms with Crippen LogP contribution in [0.1, 0.15) is 29.3 Å². The lowest BCUT2D eigenvalue weighted by atomic mass is 10.1. The van der Waals surface area contributed by atoms with Gasteiger partial charge in [-0.05, 0) is 42.7 Å². The number of hydrogen-bond donors (Lipinski definition) is 1. The molecule has 6 heteroatoms. The Hall–Kier alpha value is -3.93. The van der Waals surface area contributed by atoms with E-state index in [2.05, 4.69) is 9.97 Å². The SMILES string of the molecule is CCC(OC(=O)c1ccc2nc(-c3ccccc3)[nH]c2c1)C(=O)N1CCc2ccccc21. The van der Waals surface area contributed by atoms with Crippen LogP contribution in [0.3, 0.4) is 0 Å². The largest absolute Gasteiger partial charge is 0.449 e. The molecule has 160 valence electrons. The number of H-pyrrole nitrogens is 1. The van der Waals surface area contributed by atoms with Crippen LogP contribution in [-0.2, 0) is 16.0 Å². The molecule has 0 saturated carbocycles. The maximum atomic E-state index is 13.1. The van der Waals surface area contributed by atoms with E-state index < -0.39 is 12.1 Å². The van der Waals surface area contributed by atoms with Gasteiger partial charge >= 0.3 is 5.97 Å². The Morgan fingerprint density at radius 1 is 1.06 bits per heavy atom. The summed E-state index contributed by atoms with van der Waals surface area (Å²) in [7, 11) is 0. The van der Waals surface area contributed by atoms with Crippen molar-refractivity contribution in [2.45, 2.75) is 25.9 Å². The van der Waals surface area contributed by atoms with Crippen molar-refractivity contribution in [2.24, 2.45) is 0 Å². The van der Waals surface area contributed by atoms with Gasteiger partial charge in [-0.15, -0.1) is 0 Å². The number of aromatic nitrogens is 2. The fourth-order valence-corrected chi connectivity index (χ4v) is 4.12. The highest BCUT2D eigenvalue weighted by Crippen LogP contribution is 2.29. The van der Waals surface area contributed by atoms with Crippen molar-refractivity contribution >= 4 is 28.6 Å². The third-order valence-electron chi connectivity index (χ3n) is 5.81. The third-order valence-corrected chi connectivity index (χ3v) is 5.81. The fraction of sp³-hybridized carbons (Fsp3) is 0.192. The summed E-state index contributed by atoms with van der Waals surface area (Å²) in [6.45, 7) is 2.46. The lowest BCUT2D eigenvalue weighted by Crippen LogP contribution is -2.40. The van der Waals surface area contributed by atoms with Crippen molar-refractivity contribution in [1.29, 1.82) is 0 Å². The normalized spacial score (nSPS) is 13.7. The first-order valence-electron chi connectivity index (χ1n) is 10.8. The zero-order valence-electron chi connectivity index (χ0n) is 17.7. The highest BCUT2D eigenvalue weighted by Gasteiger charge is 2.31. The van der Waals surface area contributed by atoms with Crippen LogP contribution in [0.15, 0.2) is 72.8 Å². The Kier molecular flexibility index (Phi) is 5.19. The molecule has 0 radical (unpaired) electrons. The summed E-state index contributed by atoms with van der Waals surface area (Å²) in [5.74, 6) is 0.0376. The Morgan fingerprint density at radius 2 is 1.84 bits per heavy atom. The van der Waals surface area contributed by atoms with Crippen LogP contribution < -0.4 is 4.90 Å². The maximum Gasteiger partial charge on any atom is 0.338 e. The van der Waals surface area contributed by atoms with Crippen LogP contribution in [0.4, 0.5) is 5.69 Å². The quantitative estimate of drug-likeness (QED) is 0.468. The van der Waals surface area contributed by atoms with Crippen molar-refractivity contribution in [3.8, 4) is 11.4 Å². The minimum Gasteiger partial charge on any atom is -0.449 e. The van der Waals surface area contributed by atoms with Crippen molar-refractivity contribution in [2.75, 3.05) is 11.4 Å². The molecule has 1 atom stereocenters. The molecule has 1 aromatic heterocycles. The van der Waals surface area contributed by atoms with E-state index >= 15 is 0 Å². The summed E-state index contributed by atoms with van der Waals surface area (Å²) in [6, 6.07) is 22.8. The second-order valence-electron chi connectivity index (χ2n) is 7.85. The Labute approximate surface area is 185 Å². The van der Waals surface area contributed by atoms with Gasteiger partial charge in [-0.2, -0.15) is 0 Å². The summed E-state index contributed by atoms with van der Waals surface area (Å²) < 4.78 is 5.65. The van der Waals surface area contributed by atoms with E-state index in [0.717, 1.165) is 40.1 Å². The van der Waals surface area contributed by atoms with Crippen molar-refractivity contribution in [3.63, 3.8) is 0 Å². The Bertz CT molecular complexity index is 1300. The molecular weight excluding hydrogens is 402 g/mol. The molecule has 5 rings (SSSR count). The number of ether oxygens (including phenoxy) is 1. The number of anilines is 1. The van der Waals surface area contributed by atoms with Crippen LogP contribution in [0.5, 0.6) is 0 Å². The number of fused-ring (bicyclic) bond motifs is 2. The van der Waals surface area contributed by atoms with Crippen molar-refractivity contribution < 1.29 is 14.3 Å². The second-order valence-corrected chi connectivity index (χ2v) is 7.85. The van der Waals surface area contributed by atoms with Gasteiger partial charge in [-0.1, -0.05) is 55.5 Å². The molecule has 1 N–H and O–H groups in total. The van der Waals surface area contributed by atoms with E-state index in [4.69, 9.17) is 4.74 Å². The van der Waals surface area contributed by atoms with Gasteiger partial charge in [0.25, 0.3) is 5.91 Å². The smallest absolute Gasteiger partial charge is 0.338 e. The third kappa shape index (κ3) is 3.64. The fourth-order valence-electron chi connectivity index (χ4n) is 4.12. The minimum atomic E-state index is -0.828. The number of imidazole rings is 1. The number of amides is 1. The molecule has 1 amide bonds. The molecule has 1 unspecified atom stereocenters. The predicted molar refractivity (Wildman–Crippen MR) is 124 cm³/mol. The van der Waals surface area contributed by atoms with E-state index in [0.29, 0.717) is 18.5 Å². The average molecular weight is 425 g/mol. The number of rotatable bonds is 5. The molecule has 0 spiro atoms. The molecule has 0 fully saturated rings. The number of nitrogens with zero attached hydrogens (tertiary/aromatic N) is 2. The first-order chi connectivity index (χ1) is 15.6. The second kappa shape index (κ2) is 8.30. The molecule has 0 aliphatic carbocycles. The number of carbonyl (C=O) groups excluding carboxylic acids is 2. The summed E-state index contributed by atoms with van der Waals surface area (Å²) in [5, 5.41) is 0. The van der Waals surface area contributed by atoms with Gasteiger partial charge in [0, 0.05) is 17.8 Å². The Morgan fingerprint density at radius 3 is 2.66 bits per heavy atom. The van der Waals surface area contributed by atoms with Gasteiger partial charge in [0.15, 0.2) is 6.10 Å². The molecule has 32 heavy (non-hydrogen) atoms. The molecule has 0 saturated heterocycles. The van der Waals surface area contributed by atoms with E-state index in [-0.39, 0.29) is 5.91 Å². The number of aromatic amines is 1. The zero-order chi connectivity index (χ0) is 22.1. The maximum absolute atomic E-state index is 13.1. The molecule has 6 nitrogen and oxygen atoms in total. The van der Waals surface area contributed by atoms with Crippen LogP contribution in [0.25, 0.3) is 22.4 Å². The minimum absolute atomic E-state index is 0.181. The topological polar surface area (TPSA) is 75.3 Å².